The molecule has 18 heavy (non-hydrogen) atoms. The summed E-state index contributed by atoms with van der Waals surface area (Å²) in [4.78, 5) is 0. The molecule has 4 aromatic rings. The molecule has 0 fully saturated rings. The zero-order valence-electron chi connectivity index (χ0n) is 9.48. The first-order valence-corrected chi connectivity index (χ1v) is 6.62. The Morgan fingerprint density at radius 3 is 2.56 bits per heavy atom. The second-order valence-electron chi connectivity index (χ2n) is 4.38. The van der Waals surface area contributed by atoms with E-state index in [0.717, 1.165) is 21.0 Å². The summed E-state index contributed by atoms with van der Waals surface area (Å²) in [5, 5.41) is 4.85. The summed E-state index contributed by atoms with van der Waals surface area (Å²) in [5.74, 6) is 0. The van der Waals surface area contributed by atoms with Crippen molar-refractivity contribution in [1.82, 2.24) is 0 Å². The molecule has 3 aromatic carbocycles. The summed E-state index contributed by atoms with van der Waals surface area (Å²) in [6, 6.07) is 18.7. The Bertz CT molecular complexity index is 889. The Morgan fingerprint density at radius 1 is 0.778 bits per heavy atom. The lowest BCUT2D eigenvalue weighted by molar-refractivity contribution is 0.667. The molecule has 0 atom stereocenters. The van der Waals surface area contributed by atoms with E-state index in [9.17, 15) is 0 Å². The van der Waals surface area contributed by atoms with Crippen LogP contribution in [0.2, 0.25) is 0 Å². The molecule has 1 heterocycles. The quantitative estimate of drug-likeness (QED) is 0.417. The van der Waals surface area contributed by atoms with E-state index >= 15 is 0 Å². The van der Waals surface area contributed by atoms with E-state index in [0.29, 0.717) is 0 Å². The first kappa shape index (κ1) is 10.2. The fourth-order valence-corrected chi connectivity index (χ4v) is 2.98. The zero-order chi connectivity index (χ0) is 12.1. The molecule has 4 rings (SSSR count). The molecular weight excluding hydrogens is 288 g/mol. The molecule has 0 unspecified atom stereocenters. The van der Waals surface area contributed by atoms with Crippen LogP contribution in [-0.2, 0) is 0 Å². The van der Waals surface area contributed by atoms with Crippen LogP contribution in [0.5, 0.6) is 0 Å². The molecule has 1 aromatic heterocycles. The molecule has 1 nitrogen and oxygen atoms in total. The van der Waals surface area contributed by atoms with Gasteiger partial charge >= 0.3 is 0 Å². The summed E-state index contributed by atoms with van der Waals surface area (Å²) in [6.45, 7) is 0. The topological polar surface area (TPSA) is 13.1 Å². The monoisotopic (exact) mass is 296 g/mol. The maximum Gasteiger partial charge on any atom is 0.149 e. The molecular formula is C16H9BrO. The highest BCUT2D eigenvalue weighted by Gasteiger charge is 2.11. The minimum atomic E-state index is 0.920. The van der Waals surface area contributed by atoms with Crippen molar-refractivity contribution in [2.75, 3.05) is 0 Å². The third-order valence-corrected chi connectivity index (χ3v) is 3.96. The van der Waals surface area contributed by atoms with E-state index in [1.165, 1.54) is 16.2 Å². The van der Waals surface area contributed by atoms with Gasteiger partial charge in [0.15, 0.2) is 0 Å². The van der Waals surface area contributed by atoms with Gasteiger partial charge in [-0.3, -0.25) is 0 Å². The molecule has 86 valence electrons. The van der Waals surface area contributed by atoms with Crippen LogP contribution in [0.15, 0.2) is 63.5 Å². The average Bonchev–Trinajstić information content (AvgIpc) is 2.79. The molecule has 0 aliphatic carbocycles. The standard InChI is InChI=1S/C16H9BrO/c17-13-7-3-6-12-15-11-5-2-1-4-10(11)8-9-14(15)18-16(12)13/h1-9H. The van der Waals surface area contributed by atoms with E-state index in [4.69, 9.17) is 4.42 Å². The normalized spacial score (nSPS) is 11.6. The van der Waals surface area contributed by atoms with Crippen molar-refractivity contribution >= 4 is 48.6 Å². The fourth-order valence-electron chi connectivity index (χ4n) is 2.53. The van der Waals surface area contributed by atoms with E-state index in [-0.39, 0.29) is 0 Å². The van der Waals surface area contributed by atoms with Crippen LogP contribution < -0.4 is 0 Å². The van der Waals surface area contributed by atoms with Crippen molar-refractivity contribution in [3.05, 3.63) is 59.1 Å². The average molecular weight is 297 g/mol. The highest BCUT2D eigenvalue weighted by Crippen LogP contribution is 2.37. The van der Waals surface area contributed by atoms with Gasteiger partial charge in [0.1, 0.15) is 11.2 Å². The van der Waals surface area contributed by atoms with E-state index in [2.05, 4.69) is 52.3 Å². The smallest absolute Gasteiger partial charge is 0.149 e. The Labute approximate surface area is 112 Å². The van der Waals surface area contributed by atoms with Crippen molar-refractivity contribution in [3.63, 3.8) is 0 Å². The third kappa shape index (κ3) is 1.27. The molecule has 2 heteroatoms. The van der Waals surface area contributed by atoms with Crippen LogP contribution in [-0.4, -0.2) is 0 Å². The molecule has 0 aliphatic rings. The zero-order valence-corrected chi connectivity index (χ0v) is 11.1. The Hall–Kier alpha value is -1.80. The molecule has 0 saturated carbocycles. The van der Waals surface area contributed by atoms with Gasteiger partial charge in [0, 0.05) is 10.8 Å². The maximum atomic E-state index is 5.94. The summed E-state index contributed by atoms with van der Waals surface area (Å²) >= 11 is 3.55. The first-order valence-electron chi connectivity index (χ1n) is 5.83. The lowest BCUT2D eigenvalue weighted by atomic mass is 10.0. The molecule has 0 spiro atoms. The number of hydrogen-bond donors (Lipinski definition) is 0. The van der Waals surface area contributed by atoms with E-state index in [1.807, 2.05) is 18.2 Å². The predicted molar refractivity (Wildman–Crippen MR) is 78.9 cm³/mol. The maximum absolute atomic E-state index is 5.94. The number of rotatable bonds is 0. The van der Waals surface area contributed by atoms with Crippen molar-refractivity contribution < 1.29 is 4.42 Å². The van der Waals surface area contributed by atoms with Gasteiger partial charge in [-0.15, -0.1) is 0 Å². The third-order valence-electron chi connectivity index (χ3n) is 3.34. The Balaban J connectivity index is 2.37. The highest BCUT2D eigenvalue weighted by atomic mass is 79.9. The van der Waals surface area contributed by atoms with Gasteiger partial charge in [0.2, 0.25) is 0 Å². The van der Waals surface area contributed by atoms with Gasteiger partial charge < -0.3 is 4.42 Å². The van der Waals surface area contributed by atoms with Gasteiger partial charge in [-0.2, -0.15) is 0 Å². The molecule has 0 radical (unpaired) electrons. The first-order chi connectivity index (χ1) is 8.84. The van der Waals surface area contributed by atoms with Crippen LogP contribution in [0.25, 0.3) is 32.7 Å². The van der Waals surface area contributed by atoms with Crippen LogP contribution >= 0.6 is 15.9 Å². The molecule has 0 saturated heterocycles. The van der Waals surface area contributed by atoms with Crippen molar-refractivity contribution in [1.29, 1.82) is 0 Å². The fraction of sp³-hybridized carbons (Fsp3) is 0. The second kappa shape index (κ2) is 3.59. The van der Waals surface area contributed by atoms with Crippen LogP contribution in [0.3, 0.4) is 0 Å². The lowest BCUT2D eigenvalue weighted by Crippen LogP contribution is -1.73. The predicted octanol–water partition coefficient (Wildman–Crippen LogP) is 5.50. The minimum absolute atomic E-state index is 0.920. The van der Waals surface area contributed by atoms with Gasteiger partial charge in [-0.25, -0.2) is 0 Å². The largest absolute Gasteiger partial charge is 0.455 e. The SMILES string of the molecule is Brc1cccc2c1oc1ccc3ccccc3c12. The van der Waals surface area contributed by atoms with Gasteiger partial charge in [-0.05, 0) is 38.8 Å². The highest BCUT2D eigenvalue weighted by molar-refractivity contribution is 9.10. The lowest BCUT2D eigenvalue weighted by Gasteiger charge is -1.98. The van der Waals surface area contributed by atoms with Gasteiger partial charge in [0.05, 0.1) is 4.47 Å². The Kier molecular flexibility index (Phi) is 2.03. The van der Waals surface area contributed by atoms with Crippen LogP contribution in [0, 0.1) is 0 Å². The van der Waals surface area contributed by atoms with Crippen molar-refractivity contribution in [2.45, 2.75) is 0 Å². The second-order valence-corrected chi connectivity index (χ2v) is 5.23. The molecule has 0 amide bonds. The minimum Gasteiger partial charge on any atom is -0.455 e. The number of fused-ring (bicyclic) bond motifs is 5. The molecule has 0 aliphatic heterocycles. The number of hydrogen-bond acceptors (Lipinski definition) is 1. The summed E-state index contributed by atoms with van der Waals surface area (Å²) in [5.41, 5.74) is 1.86. The number of para-hydroxylation sites is 1. The van der Waals surface area contributed by atoms with E-state index in [1.54, 1.807) is 0 Å². The van der Waals surface area contributed by atoms with Crippen LogP contribution in [0.1, 0.15) is 0 Å². The number of benzene rings is 3. The summed E-state index contributed by atoms with van der Waals surface area (Å²) < 4.78 is 6.94. The summed E-state index contributed by atoms with van der Waals surface area (Å²) in [7, 11) is 0. The van der Waals surface area contributed by atoms with E-state index < -0.39 is 0 Å². The summed E-state index contributed by atoms with van der Waals surface area (Å²) in [6.07, 6.45) is 0. The molecule has 0 N–H and O–H groups in total. The van der Waals surface area contributed by atoms with Crippen LogP contribution in [0.4, 0.5) is 0 Å². The Morgan fingerprint density at radius 2 is 1.61 bits per heavy atom. The van der Waals surface area contributed by atoms with Gasteiger partial charge in [-0.1, -0.05) is 42.5 Å². The number of furan rings is 1. The van der Waals surface area contributed by atoms with Gasteiger partial charge in [0.25, 0.3) is 0 Å². The number of halogens is 1. The van der Waals surface area contributed by atoms with Crippen molar-refractivity contribution in [3.8, 4) is 0 Å². The molecule has 0 bridgehead atoms. The van der Waals surface area contributed by atoms with Crippen molar-refractivity contribution in [2.24, 2.45) is 0 Å².